The monoisotopic (exact) mass is 208 g/mol. The number of benzene rings is 1. The van der Waals surface area contributed by atoms with Gasteiger partial charge in [-0.05, 0) is 12.1 Å². The molecule has 0 aliphatic heterocycles. The second-order valence-corrected chi connectivity index (χ2v) is 3.19. The number of esters is 1. The fraction of sp³-hybridized carbons (Fsp3) is 0.200. The van der Waals surface area contributed by atoms with Crippen molar-refractivity contribution in [1.82, 2.24) is 9.78 Å². The van der Waals surface area contributed by atoms with Gasteiger partial charge in [0.2, 0.25) is 0 Å². The highest BCUT2D eigenvalue weighted by Crippen LogP contribution is 2.18. The zero-order valence-electron chi connectivity index (χ0n) is 8.32. The maximum absolute atomic E-state index is 13.4. The third-order valence-corrected chi connectivity index (χ3v) is 2.11. The van der Waals surface area contributed by atoms with E-state index in [2.05, 4.69) is 9.84 Å². The number of carbonyl (C=O) groups excluding carboxylic acids is 1. The maximum atomic E-state index is 13.4. The van der Waals surface area contributed by atoms with Crippen molar-refractivity contribution < 1.29 is 13.9 Å². The van der Waals surface area contributed by atoms with Crippen LogP contribution in [0.1, 0.15) is 10.4 Å². The predicted molar refractivity (Wildman–Crippen MR) is 52.0 cm³/mol. The van der Waals surface area contributed by atoms with E-state index >= 15 is 0 Å². The largest absolute Gasteiger partial charge is 0.465 e. The molecule has 0 N–H and O–H groups in total. The molecule has 0 unspecified atom stereocenters. The molecule has 1 aromatic heterocycles. The molecule has 0 bridgehead atoms. The first-order chi connectivity index (χ1) is 7.11. The Labute approximate surface area is 85.3 Å². The SMILES string of the molecule is COC(=O)c1cc2nn(C)cc2cc1F. The van der Waals surface area contributed by atoms with Crippen molar-refractivity contribution in [3.63, 3.8) is 0 Å². The minimum absolute atomic E-state index is 0.0938. The smallest absolute Gasteiger partial charge is 0.340 e. The molecule has 15 heavy (non-hydrogen) atoms. The van der Waals surface area contributed by atoms with Crippen LogP contribution in [0.3, 0.4) is 0 Å². The van der Waals surface area contributed by atoms with Crippen molar-refractivity contribution in [2.24, 2.45) is 7.05 Å². The average Bonchev–Trinajstić information content (AvgIpc) is 2.55. The van der Waals surface area contributed by atoms with E-state index in [0.717, 1.165) is 0 Å². The molecule has 2 aromatic rings. The molecule has 0 radical (unpaired) electrons. The van der Waals surface area contributed by atoms with Gasteiger partial charge >= 0.3 is 5.97 Å². The molecule has 0 amide bonds. The number of aryl methyl sites for hydroxylation is 1. The molecule has 78 valence electrons. The molecule has 0 atom stereocenters. The first kappa shape index (κ1) is 9.64. The summed E-state index contributed by atoms with van der Waals surface area (Å²) >= 11 is 0. The molecular weight excluding hydrogens is 199 g/mol. The Kier molecular flexibility index (Phi) is 2.15. The first-order valence-electron chi connectivity index (χ1n) is 4.33. The summed E-state index contributed by atoms with van der Waals surface area (Å²) in [5, 5.41) is 4.73. The molecule has 0 saturated heterocycles. The molecule has 0 aliphatic carbocycles. The normalized spacial score (nSPS) is 10.6. The van der Waals surface area contributed by atoms with Crippen molar-refractivity contribution in [3.05, 3.63) is 29.7 Å². The summed E-state index contributed by atoms with van der Waals surface area (Å²) in [6.45, 7) is 0. The molecule has 5 heteroatoms. The van der Waals surface area contributed by atoms with Gasteiger partial charge in [0.05, 0.1) is 18.2 Å². The van der Waals surface area contributed by atoms with E-state index in [-0.39, 0.29) is 5.56 Å². The third kappa shape index (κ3) is 1.56. The van der Waals surface area contributed by atoms with E-state index in [9.17, 15) is 9.18 Å². The standard InChI is InChI=1S/C10H9FN2O2/c1-13-5-6-3-8(11)7(10(14)15-2)4-9(6)12-13/h3-5H,1-2H3. The molecule has 0 spiro atoms. The van der Waals surface area contributed by atoms with Crippen molar-refractivity contribution in [3.8, 4) is 0 Å². The Bertz CT molecular complexity index is 533. The van der Waals surface area contributed by atoms with Gasteiger partial charge < -0.3 is 4.74 Å². The summed E-state index contributed by atoms with van der Waals surface area (Å²) in [5.41, 5.74) is 0.475. The fourth-order valence-corrected chi connectivity index (χ4v) is 1.43. The number of carbonyl (C=O) groups is 1. The summed E-state index contributed by atoms with van der Waals surface area (Å²) in [6.07, 6.45) is 1.68. The number of nitrogens with zero attached hydrogens (tertiary/aromatic N) is 2. The summed E-state index contributed by atoms with van der Waals surface area (Å²) in [6, 6.07) is 2.66. The van der Waals surface area contributed by atoms with E-state index in [1.54, 1.807) is 17.9 Å². The molecule has 1 aromatic carbocycles. The van der Waals surface area contributed by atoms with Gasteiger partial charge in [0.1, 0.15) is 5.82 Å². The molecule has 2 rings (SSSR count). The minimum Gasteiger partial charge on any atom is -0.465 e. The molecule has 1 heterocycles. The van der Waals surface area contributed by atoms with E-state index in [1.807, 2.05) is 0 Å². The highest BCUT2D eigenvalue weighted by Gasteiger charge is 2.14. The number of hydrogen-bond acceptors (Lipinski definition) is 3. The summed E-state index contributed by atoms with van der Waals surface area (Å²) in [5.74, 6) is -1.29. The topological polar surface area (TPSA) is 44.1 Å². The minimum atomic E-state index is -0.694. The van der Waals surface area contributed by atoms with Crippen LogP contribution in [0.5, 0.6) is 0 Å². The molecule has 0 fully saturated rings. The number of ether oxygens (including phenoxy) is 1. The van der Waals surface area contributed by atoms with Gasteiger partial charge in [-0.3, -0.25) is 4.68 Å². The Morgan fingerprint density at radius 1 is 1.53 bits per heavy atom. The second-order valence-electron chi connectivity index (χ2n) is 3.19. The van der Waals surface area contributed by atoms with Crippen molar-refractivity contribution >= 4 is 16.9 Å². The number of aromatic nitrogens is 2. The lowest BCUT2D eigenvalue weighted by Gasteiger charge is -2.00. The Morgan fingerprint density at radius 3 is 2.93 bits per heavy atom. The van der Waals surface area contributed by atoms with Gasteiger partial charge in [-0.2, -0.15) is 5.10 Å². The van der Waals surface area contributed by atoms with Gasteiger partial charge in [0, 0.05) is 18.6 Å². The van der Waals surface area contributed by atoms with Gasteiger partial charge in [-0.25, -0.2) is 9.18 Å². The van der Waals surface area contributed by atoms with Crippen LogP contribution >= 0.6 is 0 Å². The van der Waals surface area contributed by atoms with Gasteiger partial charge in [0.25, 0.3) is 0 Å². The van der Waals surface area contributed by atoms with Gasteiger partial charge in [0.15, 0.2) is 0 Å². The third-order valence-electron chi connectivity index (χ3n) is 2.11. The molecule has 0 saturated carbocycles. The van der Waals surface area contributed by atoms with Crippen LogP contribution in [0.2, 0.25) is 0 Å². The number of halogens is 1. The van der Waals surface area contributed by atoms with Crippen molar-refractivity contribution in [2.75, 3.05) is 7.11 Å². The first-order valence-corrected chi connectivity index (χ1v) is 4.33. The zero-order valence-corrected chi connectivity index (χ0v) is 8.32. The molecule has 0 aliphatic rings. The Hall–Kier alpha value is -1.91. The van der Waals surface area contributed by atoms with E-state index in [1.165, 1.54) is 19.2 Å². The van der Waals surface area contributed by atoms with Crippen molar-refractivity contribution in [1.29, 1.82) is 0 Å². The van der Waals surface area contributed by atoms with E-state index in [4.69, 9.17) is 0 Å². The fourth-order valence-electron chi connectivity index (χ4n) is 1.43. The zero-order chi connectivity index (χ0) is 11.0. The summed E-state index contributed by atoms with van der Waals surface area (Å²) in [4.78, 5) is 11.2. The van der Waals surface area contributed by atoms with Gasteiger partial charge in [-0.15, -0.1) is 0 Å². The van der Waals surface area contributed by atoms with Crippen LogP contribution in [0.15, 0.2) is 18.3 Å². The average molecular weight is 208 g/mol. The van der Waals surface area contributed by atoms with Crippen LogP contribution in [0.4, 0.5) is 4.39 Å². The van der Waals surface area contributed by atoms with Crippen LogP contribution in [0, 0.1) is 5.82 Å². The lowest BCUT2D eigenvalue weighted by molar-refractivity contribution is 0.0595. The van der Waals surface area contributed by atoms with Crippen molar-refractivity contribution in [2.45, 2.75) is 0 Å². The molecule has 4 nitrogen and oxygen atoms in total. The Morgan fingerprint density at radius 2 is 2.27 bits per heavy atom. The van der Waals surface area contributed by atoms with E-state index < -0.39 is 11.8 Å². The second kappa shape index (κ2) is 3.34. The molecular formula is C10H9FN2O2. The van der Waals surface area contributed by atoms with Crippen LogP contribution in [-0.4, -0.2) is 22.9 Å². The predicted octanol–water partition coefficient (Wildman–Crippen LogP) is 1.50. The number of methoxy groups -OCH3 is 1. The van der Waals surface area contributed by atoms with Crippen LogP contribution < -0.4 is 0 Å². The highest BCUT2D eigenvalue weighted by atomic mass is 19.1. The van der Waals surface area contributed by atoms with Crippen LogP contribution in [0.25, 0.3) is 10.9 Å². The number of hydrogen-bond donors (Lipinski definition) is 0. The quantitative estimate of drug-likeness (QED) is 0.667. The van der Waals surface area contributed by atoms with Gasteiger partial charge in [-0.1, -0.05) is 0 Å². The van der Waals surface area contributed by atoms with Crippen LogP contribution in [-0.2, 0) is 11.8 Å². The Balaban J connectivity index is 2.66. The number of rotatable bonds is 1. The summed E-state index contributed by atoms with van der Waals surface area (Å²) in [7, 11) is 2.94. The number of fused-ring (bicyclic) bond motifs is 1. The highest BCUT2D eigenvalue weighted by molar-refractivity contribution is 5.94. The van der Waals surface area contributed by atoms with E-state index in [0.29, 0.717) is 10.9 Å². The summed E-state index contributed by atoms with van der Waals surface area (Å²) < 4.78 is 19.4. The lowest BCUT2D eigenvalue weighted by atomic mass is 10.1. The lowest BCUT2D eigenvalue weighted by Crippen LogP contribution is -2.04. The maximum Gasteiger partial charge on any atom is 0.340 e.